The van der Waals surface area contributed by atoms with Crippen molar-refractivity contribution in [2.24, 2.45) is 5.73 Å². The summed E-state index contributed by atoms with van der Waals surface area (Å²) in [5.41, 5.74) is 8.73. The van der Waals surface area contributed by atoms with Crippen molar-refractivity contribution in [3.63, 3.8) is 0 Å². The lowest BCUT2D eigenvalue weighted by molar-refractivity contribution is -0.137. The van der Waals surface area contributed by atoms with Crippen LogP contribution in [0.2, 0.25) is 0 Å². The van der Waals surface area contributed by atoms with Crippen LogP contribution in [0.25, 0.3) is 0 Å². The maximum absolute atomic E-state index is 14.1. The van der Waals surface area contributed by atoms with Crippen molar-refractivity contribution in [3.05, 3.63) is 81.0 Å². The van der Waals surface area contributed by atoms with Crippen LogP contribution in [0.1, 0.15) is 49.1 Å². The molecule has 2 fully saturated rings. The van der Waals surface area contributed by atoms with Gasteiger partial charge in [0.05, 0.1) is 16.1 Å². The highest BCUT2D eigenvalue weighted by molar-refractivity contribution is 9.11. The molecule has 14 heteroatoms. The van der Waals surface area contributed by atoms with Gasteiger partial charge in [0.25, 0.3) is 0 Å². The lowest BCUT2D eigenvalue weighted by atomic mass is 9.89. The van der Waals surface area contributed by atoms with Gasteiger partial charge in [-0.15, -0.1) is 0 Å². The number of halogens is 2. The molecule has 3 heterocycles. The first-order valence-electron chi connectivity index (χ1n) is 17.5. The molecule has 5 N–H and O–H groups in total. The van der Waals surface area contributed by atoms with Crippen LogP contribution < -0.4 is 26.0 Å². The minimum Gasteiger partial charge on any atom is -0.506 e. The van der Waals surface area contributed by atoms with Crippen LogP contribution in [0.5, 0.6) is 11.5 Å². The summed E-state index contributed by atoms with van der Waals surface area (Å²) in [6, 6.07) is 13.3. The molecule has 0 spiro atoms. The van der Waals surface area contributed by atoms with Crippen molar-refractivity contribution in [2.45, 2.75) is 56.5 Å². The molecule has 274 valence electrons. The Balaban J connectivity index is 1.28. The number of aromatic nitrogens is 1. The van der Waals surface area contributed by atoms with Crippen LogP contribution in [-0.2, 0) is 16.0 Å². The Morgan fingerprint density at radius 1 is 0.922 bits per heavy atom. The van der Waals surface area contributed by atoms with E-state index in [2.05, 4.69) is 58.4 Å². The van der Waals surface area contributed by atoms with Gasteiger partial charge in [-0.05, 0) is 124 Å². The van der Waals surface area contributed by atoms with E-state index in [0.29, 0.717) is 79.1 Å². The highest BCUT2D eigenvalue weighted by Crippen LogP contribution is 2.34. The second kappa shape index (κ2) is 18.6. The van der Waals surface area contributed by atoms with Crippen molar-refractivity contribution in [1.82, 2.24) is 25.4 Å². The van der Waals surface area contributed by atoms with E-state index in [0.717, 1.165) is 30.7 Å². The maximum atomic E-state index is 14.1. The van der Waals surface area contributed by atoms with E-state index in [1.54, 1.807) is 41.4 Å². The van der Waals surface area contributed by atoms with Gasteiger partial charge >= 0.3 is 6.03 Å². The number of rotatable bonds is 13. The predicted molar refractivity (Wildman–Crippen MR) is 204 cm³/mol. The molecule has 0 aliphatic carbocycles. The average Bonchev–Trinajstić information content (AvgIpc) is 3.16. The summed E-state index contributed by atoms with van der Waals surface area (Å²) in [4.78, 5) is 51.7. The summed E-state index contributed by atoms with van der Waals surface area (Å²) >= 11 is 6.76. The molecular weight excluding hydrogens is 782 g/mol. The molecule has 51 heavy (non-hydrogen) atoms. The normalized spacial score (nSPS) is 16.4. The number of phenolic OH excluding ortho intramolecular Hbond substituents is 1. The second-order valence-corrected chi connectivity index (χ2v) is 14.7. The lowest BCUT2D eigenvalue weighted by Crippen LogP contribution is -2.59. The van der Waals surface area contributed by atoms with Crippen molar-refractivity contribution in [2.75, 3.05) is 57.8 Å². The van der Waals surface area contributed by atoms with Gasteiger partial charge in [0.15, 0.2) is 0 Å². The number of unbranched alkanes of at least 4 members (excludes halogenated alkanes) is 1. The molecule has 0 radical (unpaired) electrons. The van der Waals surface area contributed by atoms with Gasteiger partial charge in [-0.1, -0.05) is 12.1 Å². The Kier molecular flexibility index (Phi) is 14.0. The first-order chi connectivity index (χ1) is 24.7. The Morgan fingerprint density at radius 3 is 2.25 bits per heavy atom. The summed E-state index contributed by atoms with van der Waals surface area (Å²) in [6.07, 6.45) is 7.03. The molecule has 12 nitrogen and oxygen atoms in total. The third kappa shape index (κ3) is 10.4. The zero-order valence-electron chi connectivity index (χ0n) is 28.9. The Morgan fingerprint density at radius 2 is 1.61 bits per heavy atom. The fourth-order valence-electron chi connectivity index (χ4n) is 6.72. The smallest absolute Gasteiger partial charge is 0.318 e. The lowest BCUT2D eigenvalue weighted by Gasteiger charge is -2.38. The van der Waals surface area contributed by atoms with Crippen LogP contribution in [-0.4, -0.2) is 103 Å². The van der Waals surface area contributed by atoms with Crippen LogP contribution in [0.3, 0.4) is 0 Å². The molecule has 5 rings (SSSR count). The van der Waals surface area contributed by atoms with E-state index in [9.17, 15) is 19.5 Å². The number of benzene rings is 2. The monoisotopic (exact) mass is 827 g/mol. The number of piperidine rings is 1. The molecule has 0 saturated carbocycles. The van der Waals surface area contributed by atoms with Crippen LogP contribution in [0.15, 0.2) is 69.9 Å². The molecule has 2 atom stereocenters. The number of likely N-dealkylation sites (tertiary alicyclic amines) is 1. The van der Waals surface area contributed by atoms with Crippen molar-refractivity contribution >= 4 is 55.4 Å². The molecule has 0 bridgehead atoms. The molecular formula is C37H47Br2N7O5. The summed E-state index contributed by atoms with van der Waals surface area (Å²) in [5, 5.41) is 16.3. The highest BCUT2D eigenvalue weighted by Gasteiger charge is 2.33. The average molecular weight is 830 g/mol. The van der Waals surface area contributed by atoms with Gasteiger partial charge in [-0.3, -0.25) is 14.6 Å². The fraction of sp³-hybridized carbons (Fsp3) is 0.459. The minimum atomic E-state index is -0.981. The Hall–Kier alpha value is -3.88. The number of carbonyl (C=O) groups is 3. The third-order valence-electron chi connectivity index (χ3n) is 9.66. The number of ether oxygens (including phenoxy) is 1. The number of hydrogen-bond acceptors (Lipinski definition) is 8. The minimum absolute atomic E-state index is 0.0392. The zero-order valence-corrected chi connectivity index (χ0v) is 32.1. The molecule has 2 aromatic carbocycles. The van der Waals surface area contributed by atoms with Crippen LogP contribution in [0.4, 0.5) is 10.5 Å². The van der Waals surface area contributed by atoms with E-state index in [1.807, 2.05) is 30.3 Å². The molecule has 3 aromatic rings. The van der Waals surface area contributed by atoms with Gasteiger partial charge in [0, 0.05) is 63.8 Å². The maximum Gasteiger partial charge on any atom is 0.318 e. The third-order valence-corrected chi connectivity index (χ3v) is 10.9. The number of methoxy groups -OCH3 is 1. The number of nitrogens with one attached hydrogen (secondary N) is 2. The molecule has 0 unspecified atom stereocenters. The number of nitrogens with zero attached hydrogens (tertiary/aromatic N) is 4. The number of phenols is 1. The molecule has 2 aliphatic heterocycles. The number of aromatic hydroxyl groups is 1. The van der Waals surface area contributed by atoms with Crippen molar-refractivity contribution < 1.29 is 24.2 Å². The number of carbonyl (C=O) groups excluding carboxylic acids is 3. The number of amides is 4. The number of hydrogen-bond donors (Lipinski definition) is 4. The zero-order chi connectivity index (χ0) is 36.3. The summed E-state index contributed by atoms with van der Waals surface area (Å²) in [7, 11) is 1.65. The molecule has 1 aromatic heterocycles. The summed E-state index contributed by atoms with van der Waals surface area (Å²) < 4.78 is 6.31. The van der Waals surface area contributed by atoms with Crippen molar-refractivity contribution in [1.29, 1.82) is 0 Å². The number of urea groups is 1. The summed E-state index contributed by atoms with van der Waals surface area (Å²) in [5.74, 6) is 0.547. The Labute approximate surface area is 316 Å². The Bertz CT molecular complexity index is 1610. The highest BCUT2D eigenvalue weighted by atomic mass is 79.9. The van der Waals surface area contributed by atoms with E-state index < -0.39 is 18.0 Å². The quantitative estimate of drug-likeness (QED) is 0.180. The van der Waals surface area contributed by atoms with E-state index in [1.165, 1.54) is 5.56 Å². The first kappa shape index (κ1) is 38.4. The van der Waals surface area contributed by atoms with Gasteiger partial charge in [0.1, 0.15) is 23.6 Å². The van der Waals surface area contributed by atoms with E-state index in [-0.39, 0.29) is 24.1 Å². The van der Waals surface area contributed by atoms with Gasteiger partial charge in [-0.25, -0.2) is 4.79 Å². The van der Waals surface area contributed by atoms with Gasteiger partial charge < -0.3 is 40.9 Å². The van der Waals surface area contributed by atoms with Crippen LogP contribution >= 0.6 is 31.9 Å². The van der Waals surface area contributed by atoms with Crippen LogP contribution in [0, 0.1) is 0 Å². The predicted octanol–water partition coefficient (Wildman–Crippen LogP) is 4.78. The molecule has 2 saturated heterocycles. The number of nitrogens with two attached hydrogens (primary N) is 1. The summed E-state index contributed by atoms with van der Waals surface area (Å²) in [6.45, 7) is 3.91. The van der Waals surface area contributed by atoms with Gasteiger partial charge in [0.2, 0.25) is 11.8 Å². The topological polar surface area (TPSA) is 153 Å². The number of anilines is 1. The molecule has 4 amide bonds. The van der Waals surface area contributed by atoms with E-state index >= 15 is 0 Å². The SMILES string of the molecule is COc1cccc(C2CCN(C(=O)N[C@H](Cc3cc(Br)c(O)c(Br)c3)C(=O)N[C@@H](CCCCN)C(=O)N3CCN(c4ccncc4)CC3)CC2)c1. The number of pyridine rings is 1. The second-order valence-electron chi connectivity index (χ2n) is 13.0. The van der Waals surface area contributed by atoms with Gasteiger partial charge in [-0.2, -0.15) is 0 Å². The van der Waals surface area contributed by atoms with E-state index in [4.69, 9.17) is 10.5 Å². The fourth-order valence-corrected chi connectivity index (χ4v) is 8.00. The standard InChI is InChI=1S/C37H47Br2N7O5/c1-51-29-6-4-5-27(24-29)26-10-15-46(16-11-26)37(50)43-33(23-25-21-30(38)34(47)31(39)22-25)35(48)42-32(7-2-3-12-40)36(49)45-19-17-44(18-20-45)28-8-13-41-14-9-28/h4-6,8-9,13-14,21-22,24,26,32-33,47H,2-3,7,10-12,15-20,23,40H2,1H3,(H,42,48)(H,43,50)/t32-,33+/m0/s1. The molecule has 2 aliphatic rings. The first-order valence-corrected chi connectivity index (χ1v) is 19.1. The number of piperazine rings is 1. The largest absolute Gasteiger partial charge is 0.506 e. The van der Waals surface area contributed by atoms with Crippen molar-refractivity contribution in [3.8, 4) is 11.5 Å².